The molecule has 0 saturated carbocycles. The van der Waals surface area contributed by atoms with Gasteiger partial charge in [0.05, 0.1) is 0 Å². The van der Waals surface area contributed by atoms with E-state index in [0.717, 1.165) is 19.3 Å². The van der Waals surface area contributed by atoms with Crippen LogP contribution in [0.15, 0.2) is 36.4 Å². The lowest BCUT2D eigenvalue weighted by Crippen LogP contribution is -2.01. The van der Waals surface area contributed by atoms with Gasteiger partial charge in [0.2, 0.25) is 0 Å². The molecule has 104 valence electrons. The summed E-state index contributed by atoms with van der Waals surface area (Å²) in [6, 6.07) is 9.21. The maximum atomic E-state index is 2.33. The maximum Gasteiger partial charge on any atom is -0.00196 e. The van der Waals surface area contributed by atoms with Gasteiger partial charge in [-0.2, -0.15) is 0 Å². The molecule has 0 heteroatoms. The molecular weight excluding hydrogens is 252 g/mol. The molecule has 0 aromatic heterocycles. The second-order valence-electron chi connectivity index (χ2n) is 6.26. The lowest BCUT2D eigenvalue weighted by atomic mass is 9.90. The van der Waals surface area contributed by atoms with E-state index in [9.17, 15) is 0 Å². The van der Waals surface area contributed by atoms with E-state index in [0.29, 0.717) is 0 Å². The zero-order valence-electron chi connectivity index (χ0n) is 12.7. The van der Waals surface area contributed by atoms with Crippen LogP contribution in [0.1, 0.15) is 44.5 Å². The molecule has 0 spiro atoms. The Hall–Kier alpha value is -2.08. The SMILES string of the molecule is Cc1ccc(Cc2ccc(C)c3c2CC=C3)c2c1C=CC2. The fourth-order valence-electron chi connectivity index (χ4n) is 3.73. The average molecular weight is 272 g/mol. The third kappa shape index (κ3) is 1.98. The first-order valence-electron chi connectivity index (χ1n) is 7.80. The molecule has 2 aromatic carbocycles. The van der Waals surface area contributed by atoms with Gasteiger partial charge in [0.1, 0.15) is 0 Å². The molecule has 0 bridgehead atoms. The van der Waals surface area contributed by atoms with Crippen molar-refractivity contribution >= 4 is 12.2 Å². The smallest absolute Gasteiger partial charge is 0.00196 e. The number of fused-ring (bicyclic) bond motifs is 2. The van der Waals surface area contributed by atoms with Crippen molar-refractivity contribution in [1.29, 1.82) is 0 Å². The summed E-state index contributed by atoms with van der Waals surface area (Å²) >= 11 is 0. The van der Waals surface area contributed by atoms with E-state index >= 15 is 0 Å². The van der Waals surface area contributed by atoms with Crippen LogP contribution in [0.4, 0.5) is 0 Å². The van der Waals surface area contributed by atoms with Gasteiger partial charge in [-0.15, -0.1) is 0 Å². The normalized spacial score (nSPS) is 14.6. The van der Waals surface area contributed by atoms with E-state index in [-0.39, 0.29) is 0 Å². The average Bonchev–Trinajstić information content (AvgIpc) is 3.14. The van der Waals surface area contributed by atoms with Gasteiger partial charge in [-0.25, -0.2) is 0 Å². The Balaban J connectivity index is 1.76. The molecule has 0 heterocycles. The Labute approximate surface area is 126 Å². The number of allylic oxidation sites excluding steroid dienone is 2. The summed E-state index contributed by atoms with van der Waals surface area (Å²) in [5.41, 5.74) is 11.8. The fraction of sp³-hybridized carbons (Fsp3) is 0.238. The first kappa shape index (κ1) is 12.6. The zero-order chi connectivity index (χ0) is 14.4. The molecule has 0 saturated heterocycles. The van der Waals surface area contributed by atoms with Crippen molar-refractivity contribution in [3.05, 3.63) is 80.9 Å². The molecular formula is C21H20. The van der Waals surface area contributed by atoms with Crippen molar-refractivity contribution in [3.8, 4) is 0 Å². The molecule has 21 heavy (non-hydrogen) atoms. The Morgan fingerprint density at radius 1 is 0.714 bits per heavy atom. The van der Waals surface area contributed by atoms with Crippen molar-refractivity contribution < 1.29 is 0 Å². The van der Waals surface area contributed by atoms with Crippen molar-refractivity contribution in [1.82, 2.24) is 0 Å². The Morgan fingerprint density at radius 3 is 1.67 bits per heavy atom. The highest BCUT2D eigenvalue weighted by Crippen LogP contribution is 2.31. The third-order valence-corrected chi connectivity index (χ3v) is 4.94. The highest BCUT2D eigenvalue weighted by Gasteiger charge is 2.16. The van der Waals surface area contributed by atoms with Crippen LogP contribution >= 0.6 is 0 Å². The van der Waals surface area contributed by atoms with Crippen molar-refractivity contribution in [2.75, 3.05) is 0 Å². The van der Waals surface area contributed by atoms with Crippen LogP contribution in [0, 0.1) is 13.8 Å². The number of hydrogen-bond acceptors (Lipinski definition) is 0. The number of aryl methyl sites for hydroxylation is 2. The molecule has 2 aliphatic carbocycles. The molecule has 2 aromatic rings. The van der Waals surface area contributed by atoms with Crippen LogP contribution in [-0.4, -0.2) is 0 Å². The maximum absolute atomic E-state index is 2.33. The van der Waals surface area contributed by atoms with Crippen LogP contribution < -0.4 is 0 Å². The van der Waals surface area contributed by atoms with Gasteiger partial charge in [-0.05, 0) is 77.6 Å². The fourth-order valence-corrected chi connectivity index (χ4v) is 3.73. The molecule has 0 fully saturated rings. The van der Waals surface area contributed by atoms with Gasteiger partial charge in [0.15, 0.2) is 0 Å². The lowest BCUT2D eigenvalue weighted by molar-refractivity contribution is 1.08. The summed E-state index contributed by atoms with van der Waals surface area (Å²) in [5, 5.41) is 0. The van der Waals surface area contributed by atoms with Crippen LogP contribution in [0.25, 0.3) is 12.2 Å². The van der Waals surface area contributed by atoms with Crippen LogP contribution in [-0.2, 0) is 19.3 Å². The molecule has 0 amide bonds. The summed E-state index contributed by atoms with van der Waals surface area (Å²) in [5.74, 6) is 0. The molecule has 0 nitrogen and oxygen atoms in total. The largest absolute Gasteiger partial charge is 0.0795 e. The van der Waals surface area contributed by atoms with Gasteiger partial charge in [0.25, 0.3) is 0 Å². The van der Waals surface area contributed by atoms with Gasteiger partial charge in [-0.3, -0.25) is 0 Å². The van der Waals surface area contributed by atoms with Gasteiger partial charge in [0, 0.05) is 0 Å². The summed E-state index contributed by atoms with van der Waals surface area (Å²) in [7, 11) is 0. The Kier molecular flexibility index (Phi) is 2.85. The molecule has 0 atom stereocenters. The minimum absolute atomic E-state index is 1.06. The molecule has 4 rings (SSSR count). The minimum atomic E-state index is 1.06. The molecule has 0 aliphatic heterocycles. The first-order chi connectivity index (χ1) is 10.2. The summed E-state index contributed by atoms with van der Waals surface area (Å²) in [4.78, 5) is 0. The summed E-state index contributed by atoms with van der Waals surface area (Å²) < 4.78 is 0. The Morgan fingerprint density at radius 2 is 1.19 bits per heavy atom. The molecule has 0 radical (unpaired) electrons. The highest BCUT2D eigenvalue weighted by atomic mass is 14.2. The topological polar surface area (TPSA) is 0 Å². The minimum Gasteiger partial charge on any atom is -0.0795 e. The predicted octanol–water partition coefficient (Wildman–Crippen LogP) is 5.03. The van der Waals surface area contributed by atoms with E-state index < -0.39 is 0 Å². The lowest BCUT2D eigenvalue weighted by Gasteiger charge is -2.14. The number of benzene rings is 2. The van der Waals surface area contributed by atoms with Crippen LogP contribution in [0.5, 0.6) is 0 Å². The zero-order valence-corrected chi connectivity index (χ0v) is 12.7. The van der Waals surface area contributed by atoms with Gasteiger partial charge >= 0.3 is 0 Å². The van der Waals surface area contributed by atoms with E-state index in [1.165, 1.54) is 44.5 Å². The Bertz CT molecular complexity index is 721. The van der Waals surface area contributed by atoms with E-state index in [1.807, 2.05) is 0 Å². The van der Waals surface area contributed by atoms with E-state index in [4.69, 9.17) is 0 Å². The van der Waals surface area contributed by atoms with Crippen LogP contribution in [0.3, 0.4) is 0 Å². The molecule has 0 N–H and O–H groups in total. The summed E-state index contributed by atoms with van der Waals surface area (Å²) in [6.45, 7) is 4.43. The standard InChI is InChI=1S/C21H20/c1-14-9-11-16(20-7-3-5-18(14)20)13-17-12-10-15(2)19-6-4-8-21(17)19/h3-6,9-12H,7-8,13H2,1-2H3. The van der Waals surface area contributed by atoms with E-state index in [2.05, 4.69) is 62.4 Å². The molecule has 2 aliphatic rings. The van der Waals surface area contributed by atoms with Gasteiger partial charge in [-0.1, -0.05) is 48.6 Å². The second kappa shape index (κ2) is 4.73. The second-order valence-corrected chi connectivity index (χ2v) is 6.26. The number of hydrogen-bond donors (Lipinski definition) is 0. The van der Waals surface area contributed by atoms with E-state index in [1.54, 1.807) is 0 Å². The monoisotopic (exact) mass is 272 g/mol. The quantitative estimate of drug-likeness (QED) is 0.719. The molecule has 0 unspecified atom stereocenters. The first-order valence-corrected chi connectivity index (χ1v) is 7.80. The van der Waals surface area contributed by atoms with Crippen molar-refractivity contribution in [3.63, 3.8) is 0 Å². The summed E-state index contributed by atoms with van der Waals surface area (Å²) in [6.07, 6.45) is 12.4. The van der Waals surface area contributed by atoms with Crippen molar-refractivity contribution in [2.45, 2.75) is 33.1 Å². The van der Waals surface area contributed by atoms with Crippen molar-refractivity contribution in [2.24, 2.45) is 0 Å². The van der Waals surface area contributed by atoms with Crippen LogP contribution in [0.2, 0.25) is 0 Å². The predicted molar refractivity (Wildman–Crippen MR) is 90.6 cm³/mol. The third-order valence-electron chi connectivity index (χ3n) is 4.94. The highest BCUT2D eigenvalue weighted by molar-refractivity contribution is 5.68. The number of rotatable bonds is 2. The van der Waals surface area contributed by atoms with Gasteiger partial charge < -0.3 is 0 Å².